The minimum absolute atomic E-state index is 0.516. The van der Waals surface area contributed by atoms with E-state index >= 15 is 0 Å². The van der Waals surface area contributed by atoms with E-state index in [1.165, 1.54) is 4.90 Å². The molecule has 1 aromatic rings. The molecular weight excluding hydrogens is 250 g/mol. The van der Waals surface area contributed by atoms with Gasteiger partial charge in [-0.25, -0.2) is 4.79 Å². The zero-order valence-electron chi connectivity index (χ0n) is 7.49. The van der Waals surface area contributed by atoms with Crippen molar-refractivity contribution in [2.24, 2.45) is 0 Å². The van der Waals surface area contributed by atoms with E-state index in [4.69, 9.17) is 9.52 Å². The Morgan fingerprint density at radius 3 is 2.93 bits per heavy atom. The molecule has 0 radical (unpaired) electrons. The van der Waals surface area contributed by atoms with Crippen LogP contribution in [0.2, 0.25) is 0 Å². The number of nitrogens with zero attached hydrogens (tertiary/aromatic N) is 1. The number of carboxylic acid groups (broad SMARTS) is 1. The first-order valence-electron chi connectivity index (χ1n) is 4.42. The van der Waals surface area contributed by atoms with Crippen LogP contribution in [0.5, 0.6) is 0 Å². The summed E-state index contributed by atoms with van der Waals surface area (Å²) >= 11 is 3.27. The van der Waals surface area contributed by atoms with Gasteiger partial charge >= 0.3 is 6.09 Å². The van der Waals surface area contributed by atoms with Crippen LogP contribution in [0, 0.1) is 0 Å². The van der Waals surface area contributed by atoms with Crippen LogP contribution in [0.3, 0.4) is 0 Å². The van der Waals surface area contributed by atoms with Gasteiger partial charge in [-0.3, -0.25) is 0 Å². The molecule has 0 bridgehead atoms. The van der Waals surface area contributed by atoms with E-state index in [9.17, 15) is 4.79 Å². The number of hydrogen-bond acceptors (Lipinski definition) is 2. The molecule has 0 aromatic carbocycles. The Labute approximate surface area is 89.6 Å². The first-order chi connectivity index (χ1) is 6.66. The quantitative estimate of drug-likeness (QED) is 0.777. The molecule has 0 saturated heterocycles. The highest BCUT2D eigenvalue weighted by molar-refractivity contribution is 9.10. The second kappa shape index (κ2) is 3.65. The molecule has 5 heteroatoms. The molecule has 14 heavy (non-hydrogen) atoms. The fourth-order valence-corrected chi connectivity index (χ4v) is 2.12. The fraction of sp³-hybridized carbons (Fsp3) is 0.444. The normalized spacial score (nSPS) is 16.2. The van der Waals surface area contributed by atoms with E-state index in [0.717, 1.165) is 22.4 Å². The fourth-order valence-electron chi connectivity index (χ4n) is 1.65. The SMILES string of the molecule is O=C(O)N1CCc2cc(Br)oc2CC1. The van der Waals surface area contributed by atoms with Crippen molar-refractivity contribution in [3.05, 3.63) is 22.1 Å². The van der Waals surface area contributed by atoms with Crippen molar-refractivity contribution >= 4 is 22.0 Å². The van der Waals surface area contributed by atoms with Gasteiger partial charge in [-0.1, -0.05) is 0 Å². The largest absolute Gasteiger partial charge is 0.465 e. The standard InChI is InChI=1S/C9H10BrNO3/c10-8-5-6-1-3-11(9(12)13)4-2-7(6)14-8/h5H,1-4H2,(H,12,13). The van der Waals surface area contributed by atoms with Gasteiger partial charge in [-0.05, 0) is 34.0 Å². The van der Waals surface area contributed by atoms with Crippen LogP contribution in [0.15, 0.2) is 15.2 Å². The summed E-state index contributed by atoms with van der Waals surface area (Å²) in [5, 5.41) is 8.82. The lowest BCUT2D eigenvalue weighted by Gasteiger charge is -2.14. The summed E-state index contributed by atoms with van der Waals surface area (Å²) < 4.78 is 6.14. The molecule has 0 fully saturated rings. The predicted molar refractivity (Wildman–Crippen MR) is 53.4 cm³/mol. The maximum atomic E-state index is 10.7. The molecule has 1 N–H and O–H groups in total. The van der Waals surface area contributed by atoms with Crippen LogP contribution in [-0.2, 0) is 12.8 Å². The van der Waals surface area contributed by atoms with E-state index in [2.05, 4.69) is 15.9 Å². The molecule has 0 aliphatic carbocycles. The van der Waals surface area contributed by atoms with Gasteiger partial charge in [0.25, 0.3) is 0 Å². The van der Waals surface area contributed by atoms with Crippen molar-refractivity contribution in [2.45, 2.75) is 12.8 Å². The summed E-state index contributed by atoms with van der Waals surface area (Å²) in [6.07, 6.45) is 0.540. The average molecular weight is 260 g/mol. The van der Waals surface area contributed by atoms with Crippen LogP contribution < -0.4 is 0 Å². The van der Waals surface area contributed by atoms with Crippen molar-refractivity contribution in [1.29, 1.82) is 0 Å². The number of carbonyl (C=O) groups is 1. The molecule has 4 nitrogen and oxygen atoms in total. The van der Waals surface area contributed by atoms with Gasteiger partial charge in [-0.15, -0.1) is 0 Å². The van der Waals surface area contributed by atoms with E-state index in [1.54, 1.807) is 0 Å². The van der Waals surface area contributed by atoms with Crippen molar-refractivity contribution < 1.29 is 14.3 Å². The summed E-state index contributed by atoms with van der Waals surface area (Å²) in [5.41, 5.74) is 1.11. The number of amides is 1. The highest BCUT2D eigenvalue weighted by Gasteiger charge is 2.20. The Kier molecular flexibility index (Phi) is 2.50. The zero-order valence-corrected chi connectivity index (χ0v) is 9.08. The number of rotatable bonds is 0. The molecule has 1 aromatic heterocycles. The Morgan fingerprint density at radius 2 is 2.21 bits per heavy atom. The van der Waals surface area contributed by atoms with Crippen molar-refractivity contribution in [3.8, 4) is 0 Å². The van der Waals surface area contributed by atoms with Crippen LogP contribution in [0.4, 0.5) is 4.79 Å². The molecule has 0 unspecified atom stereocenters. The van der Waals surface area contributed by atoms with E-state index in [-0.39, 0.29) is 0 Å². The third-order valence-corrected chi connectivity index (χ3v) is 2.79. The van der Waals surface area contributed by atoms with Gasteiger partial charge in [0.15, 0.2) is 4.67 Å². The number of furan rings is 1. The van der Waals surface area contributed by atoms with Crippen LogP contribution in [0.1, 0.15) is 11.3 Å². The van der Waals surface area contributed by atoms with Crippen molar-refractivity contribution in [2.75, 3.05) is 13.1 Å². The van der Waals surface area contributed by atoms with Gasteiger partial charge in [0, 0.05) is 19.5 Å². The lowest BCUT2D eigenvalue weighted by molar-refractivity contribution is 0.147. The number of halogens is 1. The maximum Gasteiger partial charge on any atom is 0.407 e. The minimum Gasteiger partial charge on any atom is -0.465 e. The third kappa shape index (κ3) is 1.77. The molecule has 76 valence electrons. The molecule has 1 amide bonds. The minimum atomic E-state index is -0.853. The highest BCUT2D eigenvalue weighted by atomic mass is 79.9. The van der Waals surface area contributed by atoms with Crippen LogP contribution >= 0.6 is 15.9 Å². The van der Waals surface area contributed by atoms with Gasteiger partial charge in [-0.2, -0.15) is 0 Å². The monoisotopic (exact) mass is 259 g/mol. The zero-order chi connectivity index (χ0) is 10.1. The smallest absolute Gasteiger partial charge is 0.407 e. The Hall–Kier alpha value is -0.970. The summed E-state index contributed by atoms with van der Waals surface area (Å²) in [6, 6.07) is 1.92. The second-order valence-electron chi connectivity index (χ2n) is 3.27. The molecule has 0 spiro atoms. The third-order valence-electron chi connectivity index (χ3n) is 2.40. The Bertz CT molecular complexity index is 335. The summed E-state index contributed by atoms with van der Waals surface area (Å²) in [5.74, 6) is 0.903. The first-order valence-corrected chi connectivity index (χ1v) is 5.21. The average Bonchev–Trinajstić information content (AvgIpc) is 2.34. The molecule has 2 rings (SSSR count). The van der Waals surface area contributed by atoms with E-state index in [0.29, 0.717) is 19.5 Å². The molecule has 2 heterocycles. The topological polar surface area (TPSA) is 53.7 Å². The van der Waals surface area contributed by atoms with Crippen molar-refractivity contribution in [1.82, 2.24) is 4.90 Å². The molecular formula is C9H10BrNO3. The molecule has 1 aliphatic heterocycles. The number of fused-ring (bicyclic) bond motifs is 1. The molecule has 0 atom stereocenters. The van der Waals surface area contributed by atoms with Crippen LogP contribution in [-0.4, -0.2) is 29.2 Å². The van der Waals surface area contributed by atoms with Crippen molar-refractivity contribution in [3.63, 3.8) is 0 Å². The lowest BCUT2D eigenvalue weighted by atomic mass is 10.2. The predicted octanol–water partition coefficient (Wildman–Crippen LogP) is 2.12. The Morgan fingerprint density at radius 1 is 1.50 bits per heavy atom. The maximum absolute atomic E-state index is 10.7. The van der Waals surface area contributed by atoms with Gasteiger partial charge in [0.1, 0.15) is 5.76 Å². The second-order valence-corrected chi connectivity index (χ2v) is 4.05. The van der Waals surface area contributed by atoms with E-state index < -0.39 is 6.09 Å². The first kappa shape index (κ1) is 9.58. The lowest BCUT2D eigenvalue weighted by Crippen LogP contribution is -2.31. The summed E-state index contributed by atoms with van der Waals surface area (Å²) in [7, 11) is 0. The van der Waals surface area contributed by atoms with Gasteiger partial charge < -0.3 is 14.4 Å². The highest BCUT2D eigenvalue weighted by Crippen LogP contribution is 2.23. The number of hydrogen-bond donors (Lipinski definition) is 1. The van der Waals surface area contributed by atoms with Gasteiger partial charge in [0.05, 0.1) is 0 Å². The molecule has 1 aliphatic rings. The molecule has 0 saturated carbocycles. The summed E-state index contributed by atoms with van der Waals surface area (Å²) in [6.45, 7) is 1.07. The van der Waals surface area contributed by atoms with Crippen LogP contribution in [0.25, 0.3) is 0 Å². The Balaban J connectivity index is 2.15. The van der Waals surface area contributed by atoms with E-state index in [1.807, 2.05) is 6.07 Å². The summed E-state index contributed by atoms with van der Waals surface area (Å²) in [4.78, 5) is 12.2. The van der Waals surface area contributed by atoms with Gasteiger partial charge in [0.2, 0.25) is 0 Å².